The van der Waals surface area contributed by atoms with Gasteiger partial charge >= 0.3 is 0 Å². The fourth-order valence-electron chi connectivity index (χ4n) is 13.0. The van der Waals surface area contributed by atoms with E-state index in [-0.39, 0.29) is 0 Å². The van der Waals surface area contributed by atoms with Gasteiger partial charge in [0.05, 0.1) is 49.8 Å². The average Bonchev–Trinajstić information content (AvgIpc) is 4.47. The molecule has 0 radical (unpaired) electrons. The zero-order chi connectivity index (χ0) is 53.8. The van der Waals surface area contributed by atoms with Crippen molar-refractivity contribution in [3.8, 4) is 68.0 Å². The Kier molecular flexibility index (Phi) is 10.2. The fraction of sp³-hybridized carbons (Fsp3) is 0. The number of aromatic nitrogens is 7. The number of hydrogen-bond acceptors (Lipinski definition) is 3. The van der Waals surface area contributed by atoms with Crippen LogP contribution < -0.4 is 0 Å². The number of para-hydroxylation sites is 7. The summed E-state index contributed by atoms with van der Waals surface area (Å²) in [4.78, 5) is 16.0. The highest BCUT2D eigenvalue weighted by Crippen LogP contribution is 2.43. The van der Waals surface area contributed by atoms with Crippen LogP contribution in [0.3, 0.4) is 0 Å². The minimum Gasteiger partial charge on any atom is -0.309 e. The molecule has 0 atom stereocenters. The lowest BCUT2D eigenvalue weighted by atomic mass is 9.98. The molecule has 0 bridgehead atoms. The van der Waals surface area contributed by atoms with E-state index in [4.69, 9.17) is 15.0 Å². The zero-order valence-electron chi connectivity index (χ0n) is 44.3. The highest BCUT2D eigenvalue weighted by molar-refractivity contribution is 6.14. The van der Waals surface area contributed by atoms with E-state index in [1.54, 1.807) is 0 Å². The molecule has 12 aromatic carbocycles. The van der Waals surface area contributed by atoms with Crippen LogP contribution in [0.25, 0.3) is 155 Å². The lowest BCUT2D eigenvalue weighted by molar-refractivity contribution is 1.07. The molecule has 0 N–H and O–H groups in total. The van der Waals surface area contributed by atoms with Crippen molar-refractivity contribution in [2.75, 3.05) is 0 Å². The molecule has 0 spiro atoms. The summed E-state index contributed by atoms with van der Waals surface area (Å²) in [7, 11) is 0. The Morgan fingerprint density at radius 3 is 1.12 bits per heavy atom. The molecule has 0 saturated heterocycles. The summed E-state index contributed by atoms with van der Waals surface area (Å²) in [5, 5.41) is 9.61. The van der Waals surface area contributed by atoms with Crippen molar-refractivity contribution in [1.82, 2.24) is 33.2 Å². The average molecular weight is 1050 g/mol. The van der Waals surface area contributed by atoms with Crippen LogP contribution in [0.15, 0.2) is 285 Å². The molecule has 5 heterocycles. The minimum atomic E-state index is 0.585. The molecule has 7 nitrogen and oxygen atoms in total. The second kappa shape index (κ2) is 18.2. The highest BCUT2D eigenvalue weighted by Gasteiger charge is 2.22. The molecular formula is C75H47N7. The van der Waals surface area contributed by atoms with Crippen molar-refractivity contribution in [3.63, 3.8) is 0 Å². The summed E-state index contributed by atoms with van der Waals surface area (Å²) in [6, 6.07) is 102. The molecule has 0 amide bonds. The van der Waals surface area contributed by atoms with Crippen LogP contribution in [-0.2, 0) is 0 Å². The standard InChI is InChI=1S/C75H47N7/c1-3-20-48(21-4-1)73-76-74(50-22-19-25-53(44-50)80-65-33-14-7-26-55(65)56-27-8-15-34-66(56)80)78-75(77-73)51-39-43-70(82-68-36-17-10-28-57(68)58-29-11-18-37-69(58)82)62(46-51)49-38-42-71-63(45-49)60-31-12-16-35-67(60)81(71)54-40-41-61-59-30-9-13-32-64(59)79(72(61)47-54)52-23-5-2-6-24-52/h1-47H. The van der Waals surface area contributed by atoms with E-state index in [0.29, 0.717) is 17.5 Å². The van der Waals surface area contributed by atoms with E-state index in [0.717, 1.165) is 94.6 Å². The predicted molar refractivity (Wildman–Crippen MR) is 339 cm³/mol. The quantitative estimate of drug-likeness (QED) is 0.152. The predicted octanol–water partition coefficient (Wildman–Crippen LogP) is 18.9. The molecule has 0 unspecified atom stereocenters. The van der Waals surface area contributed by atoms with Gasteiger partial charge in [-0.25, -0.2) is 15.0 Å². The first-order valence-corrected chi connectivity index (χ1v) is 27.8. The first kappa shape index (κ1) is 45.8. The SMILES string of the molecule is c1ccc(-c2nc(-c3cccc(-n4c5ccccc5c5ccccc54)c3)nc(-c3ccc(-n4c5ccccc5c5ccccc54)c(-c4ccc5c(c4)c4ccccc4n5-c4ccc5c6ccccc6n(-c6ccccc6)c5c4)c3)n2)cc1. The van der Waals surface area contributed by atoms with Crippen LogP contribution >= 0.6 is 0 Å². The maximum atomic E-state index is 5.42. The molecular weight excluding hydrogens is 999 g/mol. The van der Waals surface area contributed by atoms with Crippen molar-refractivity contribution in [3.05, 3.63) is 285 Å². The zero-order valence-corrected chi connectivity index (χ0v) is 44.3. The summed E-state index contributed by atoms with van der Waals surface area (Å²) in [5.74, 6) is 1.78. The van der Waals surface area contributed by atoms with E-state index in [2.05, 4.69) is 285 Å². The van der Waals surface area contributed by atoms with Crippen LogP contribution in [0, 0.1) is 0 Å². The van der Waals surface area contributed by atoms with Gasteiger partial charge in [-0.05, 0) is 109 Å². The molecule has 17 rings (SSSR count). The normalized spacial score (nSPS) is 11.9. The van der Waals surface area contributed by atoms with E-state index in [1.807, 2.05) is 18.2 Å². The van der Waals surface area contributed by atoms with Crippen molar-refractivity contribution >= 4 is 87.2 Å². The van der Waals surface area contributed by atoms with E-state index in [9.17, 15) is 0 Å². The summed E-state index contributed by atoms with van der Waals surface area (Å²) in [5.41, 5.74) is 18.3. The third-order valence-corrected chi connectivity index (χ3v) is 16.6. The maximum absolute atomic E-state index is 5.42. The molecule has 82 heavy (non-hydrogen) atoms. The topological polar surface area (TPSA) is 58.4 Å². The third kappa shape index (κ3) is 7.06. The van der Waals surface area contributed by atoms with Gasteiger partial charge in [-0.15, -0.1) is 0 Å². The Bertz CT molecular complexity index is 5300. The van der Waals surface area contributed by atoms with Gasteiger partial charge in [0.1, 0.15) is 0 Å². The second-order valence-corrected chi connectivity index (χ2v) is 21.2. The van der Waals surface area contributed by atoms with Crippen molar-refractivity contribution < 1.29 is 0 Å². The van der Waals surface area contributed by atoms with E-state index < -0.39 is 0 Å². The third-order valence-electron chi connectivity index (χ3n) is 16.6. The molecule has 7 heteroatoms. The van der Waals surface area contributed by atoms with E-state index in [1.165, 1.54) is 43.2 Å². The molecule has 17 aromatic rings. The van der Waals surface area contributed by atoms with Gasteiger partial charge in [0.25, 0.3) is 0 Å². The van der Waals surface area contributed by atoms with Crippen LogP contribution in [-0.4, -0.2) is 33.2 Å². The monoisotopic (exact) mass is 1050 g/mol. The molecule has 0 aliphatic rings. The Morgan fingerprint density at radius 1 is 0.195 bits per heavy atom. The van der Waals surface area contributed by atoms with Gasteiger partial charge in [0, 0.05) is 82.4 Å². The molecule has 5 aromatic heterocycles. The number of fused-ring (bicyclic) bond motifs is 12. The van der Waals surface area contributed by atoms with E-state index >= 15 is 0 Å². The Hall–Kier alpha value is -11.2. The van der Waals surface area contributed by atoms with Gasteiger partial charge < -0.3 is 18.3 Å². The summed E-state index contributed by atoms with van der Waals surface area (Å²) in [6.07, 6.45) is 0. The molecule has 0 saturated carbocycles. The number of rotatable bonds is 8. The fourth-order valence-corrected chi connectivity index (χ4v) is 13.0. The molecule has 382 valence electrons. The van der Waals surface area contributed by atoms with Gasteiger partial charge in [-0.2, -0.15) is 0 Å². The van der Waals surface area contributed by atoms with Crippen LogP contribution in [0.5, 0.6) is 0 Å². The Labute approximate surface area is 471 Å². The summed E-state index contributed by atoms with van der Waals surface area (Å²) < 4.78 is 9.59. The molecule has 0 aliphatic carbocycles. The number of benzene rings is 12. The van der Waals surface area contributed by atoms with Crippen molar-refractivity contribution in [2.24, 2.45) is 0 Å². The van der Waals surface area contributed by atoms with Gasteiger partial charge in [0.15, 0.2) is 17.5 Å². The highest BCUT2D eigenvalue weighted by atomic mass is 15.0. The smallest absolute Gasteiger partial charge is 0.164 e. The Balaban J connectivity index is 0.877. The van der Waals surface area contributed by atoms with Gasteiger partial charge in [-0.1, -0.05) is 182 Å². The Morgan fingerprint density at radius 2 is 0.573 bits per heavy atom. The molecule has 0 aliphatic heterocycles. The second-order valence-electron chi connectivity index (χ2n) is 21.2. The maximum Gasteiger partial charge on any atom is 0.164 e. The van der Waals surface area contributed by atoms with Crippen molar-refractivity contribution in [1.29, 1.82) is 0 Å². The summed E-state index contributed by atoms with van der Waals surface area (Å²) in [6.45, 7) is 0. The minimum absolute atomic E-state index is 0.585. The number of hydrogen-bond donors (Lipinski definition) is 0. The van der Waals surface area contributed by atoms with Gasteiger partial charge in [-0.3, -0.25) is 0 Å². The van der Waals surface area contributed by atoms with Crippen LogP contribution in [0.2, 0.25) is 0 Å². The first-order chi connectivity index (χ1) is 40.7. The van der Waals surface area contributed by atoms with Gasteiger partial charge in [0.2, 0.25) is 0 Å². The van der Waals surface area contributed by atoms with Crippen LogP contribution in [0.1, 0.15) is 0 Å². The van der Waals surface area contributed by atoms with Crippen LogP contribution in [0.4, 0.5) is 0 Å². The molecule has 0 fully saturated rings. The number of nitrogens with zero attached hydrogens (tertiary/aromatic N) is 7. The summed E-state index contributed by atoms with van der Waals surface area (Å²) >= 11 is 0. The van der Waals surface area contributed by atoms with Crippen molar-refractivity contribution in [2.45, 2.75) is 0 Å². The largest absolute Gasteiger partial charge is 0.309 e. The first-order valence-electron chi connectivity index (χ1n) is 27.8. The lowest BCUT2D eigenvalue weighted by Gasteiger charge is -2.17. The lowest BCUT2D eigenvalue weighted by Crippen LogP contribution is -2.02.